The Balaban J connectivity index is 1.74. The average Bonchev–Trinajstić information content (AvgIpc) is 3.30. The molecule has 1 saturated carbocycles. The molecule has 1 aliphatic carbocycles. The SMILES string of the molecule is [3H]c1ccc(OCc2c(-n3nnn(C)c3=O)nn(C)c2C2CC2)c(C)c1. The molecule has 130 valence electrons. The summed E-state index contributed by atoms with van der Waals surface area (Å²) in [5.41, 5.74) is 2.48. The van der Waals surface area contributed by atoms with Gasteiger partial charge in [0, 0.05) is 20.0 Å². The molecule has 0 spiro atoms. The Morgan fingerprint density at radius 3 is 2.72 bits per heavy atom. The average molecular weight is 342 g/mol. The lowest BCUT2D eigenvalue weighted by Crippen LogP contribution is -2.23. The highest BCUT2D eigenvalue weighted by atomic mass is 16.5. The topological polar surface area (TPSA) is 79.8 Å². The molecular formula is C17H20N6O2. The van der Waals surface area contributed by atoms with Crippen LogP contribution in [0.2, 0.25) is 0 Å². The van der Waals surface area contributed by atoms with Crippen molar-refractivity contribution in [3.63, 3.8) is 0 Å². The molecule has 4 rings (SSSR count). The molecule has 0 atom stereocenters. The summed E-state index contributed by atoms with van der Waals surface area (Å²) in [7, 11) is 3.43. The third kappa shape index (κ3) is 2.73. The normalized spacial score (nSPS) is 14.6. The van der Waals surface area contributed by atoms with E-state index >= 15 is 0 Å². The van der Waals surface area contributed by atoms with Crippen LogP contribution in [0.1, 0.15) is 37.0 Å². The molecule has 2 aromatic heterocycles. The molecule has 0 bridgehead atoms. The van der Waals surface area contributed by atoms with E-state index in [9.17, 15) is 4.79 Å². The van der Waals surface area contributed by atoms with Crippen LogP contribution in [0.4, 0.5) is 0 Å². The van der Waals surface area contributed by atoms with Crippen molar-refractivity contribution in [1.82, 2.24) is 29.6 Å². The number of benzene rings is 1. The van der Waals surface area contributed by atoms with Crippen LogP contribution in [0.5, 0.6) is 5.75 Å². The number of aryl methyl sites for hydroxylation is 3. The fourth-order valence-corrected chi connectivity index (χ4v) is 3.00. The van der Waals surface area contributed by atoms with Gasteiger partial charge in [-0.3, -0.25) is 4.68 Å². The zero-order chi connectivity index (χ0) is 18.4. The van der Waals surface area contributed by atoms with Crippen LogP contribution in [0, 0.1) is 6.92 Å². The first kappa shape index (κ1) is 14.4. The van der Waals surface area contributed by atoms with Crippen LogP contribution in [-0.2, 0) is 20.7 Å². The minimum atomic E-state index is -0.346. The number of hydrogen-bond donors (Lipinski definition) is 0. The lowest BCUT2D eigenvalue weighted by atomic mass is 10.1. The lowest BCUT2D eigenvalue weighted by Gasteiger charge is -2.10. The van der Waals surface area contributed by atoms with Crippen molar-refractivity contribution in [2.75, 3.05) is 0 Å². The van der Waals surface area contributed by atoms with Crippen molar-refractivity contribution < 1.29 is 6.11 Å². The number of nitrogens with zero attached hydrogens (tertiary/aromatic N) is 6. The summed E-state index contributed by atoms with van der Waals surface area (Å²) >= 11 is 0. The summed E-state index contributed by atoms with van der Waals surface area (Å²) in [4.78, 5) is 12.3. The lowest BCUT2D eigenvalue weighted by molar-refractivity contribution is 0.302. The van der Waals surface area contributed by atoms with E-state index in [1.807, 2.05) is 18.7 Å². The van der Waals surface area contributed by atoms with Crippen molar-refractivity contribution in [2.24, 2.45) is 14.1 Å². The van der Waals surface area contributed by atoms with E-state index in [0.29, 0.717) is 23.5 Å². The number of rotatable bonds is 5. The predicted octanol–water partition coefficient (Wildman–Crippen LogP) is 1.46. The van der Waals surface area contributed by atoms with Gasteiger partial charge < -0.3 is 4.74 Å². The van der Waals surface area contributed by atoms with E-state index in [0.717, 1.165) is 29.7 Å². The van der Waals surface area contributed by atoms with Crippen LogP contribution in [0.15, 0.2) is 29.0 Å². The van der Waals surface area contributed by atoms with E-state index in [1.165, 1.54) is 9.36 Å². The van der Waals surface area contributed by atoms with Gasteiger partial charge in [0.2, 0.25) is 0 Å². The Hall–Kier alpha value is -2.90. The largest absolute Gasteiger partial charge is 0.488 e. The Morgan fingerprint density at radius 1 is 1.28 bits per heavy atom. The van der Waals surface area contributed by atoms with Crippen molar-refractivity contribution in [3.8, 4) is 11.6 Å². The van der Waals surface area contributed by atoms with Gasteiger partial charge in [0.15, 0.2) is 5.82 Å². The minimum Gasteiger partial charge on any atom is -0.488 e. The summed E-state index contributed by atoms with van der Waals surface area (Å²) in [5, 5.41) is 12.2. The maximum absolute atomic E-state index is 12.3. The van der Waals surface area contributed by atoms with Gasteiger partial charge in [-0.2, -0.15) is 9.78 Å². The van der Waals surface area contributed by atoms with Crippen LogP contribution in [0.25, 0.3) is 5.82 Å². The fraction of sp³-hybridized carbons (Fsp3) is 0.412. The molecule has 0 unspecified atom stereocenters. The van der Waals surface area contributed by atoms with Gasteiger partial charge in [-0.05, 0) is 41.8 Å². The molecule has 0 amide bonds. The van der Waals surface area contributed by atoms with Gasteiger partial charge >= 0.3 is 5.69 Å². The highest BCUT2D eigenvalue weighted by Crippen LogP contribution is 2.42. The van der Waals surface area contributed by atoms with Crippen LogP contribution < -0.4 is 10.4 Å². The highest BCUT2D eigenvalue weighted by Gasteiger charge is 2.33. The maximum atomic E-state index is 12.3. The van der Waals surface area contributed by atoms with Gasteiger partial charge in [0.05, 0.1) is 12.6 Å². The summed E-state index contributed by atoms with van der Waals surface area (Å²) in [6, 6.07) is 5.69. The number of para-hydroxylation sites is 1. The van der Waals surface area contributed by atoms with Gasteiger partial charge in [-0.15, -0.1) is 4.68 Å². The Bertz CT molecular complexity index is 1030. The van der Waals surface area contributed by atoms with E-state index in [4.69, 9.17) is 6.11 Å². The first-order chi connectivity index (χ1) is 12.5. The molecule has 8 heteroatoms. The molecule has 1 aromatic carbocycles. The molecule has 1 fully saturated rings. The predicted molar refractivity (Wildman–Crippen MR) is 90.9 cm³/mol. The maximum Gasteiger partial charge on any atom is 0.369 e. The molecular weight excluding hydrogens is 320 g/mol. The monoisotopic (exact) mass is 342 g/mol. The van der Waals surface area contributed by atoms with Crippen molar-refractivity contribution >= 4 is 0 Å². The summed E-state index contributed by atoms with van der Waals surface area (Å²) in [5.74, 6) is 1.61. The van der Waals surface area contributed by atoms with E-state index < -0.39 is 0 Å². The first-order valence-electron chi connectivity index (χ1n) is 8.71. The van der Waals surface area contributed by atoms with Crippen molar-refractivity contribution in [2.45, 2.75) is 32.3 Å². The second-order valence-corrected chi connectivity index (χ2v) is 6.36. The first-order valence-corrected chi connectivity index (χ1v) is 8.21. The van der Waals surface area contributed by atoms with Gasteiger partial charge in [-0.1, -0.05) is 18.2 Å². The standard InChI is InChI=1S/C17H20N6O2/c1-11-6-4-5-7-14(11)25-10-13-15(12-8-9-12)21(2)18-16(13)23-17(24)22(3)19-20-23/h4-7,12H,8-10H2,1-3H3/i4T. The smallest absolute Gasteiger partial charge is 0.369 e. The van der Waals surface area contributed by atoms with E-state index in [-0.39, 0.29) is 12.3 Å². The van der Waals surface area contributed by atoms with Gasteiger partial charge in [-0.25, -0.2) is 4.79 Å². The van der Waals surface area contributed by atoms with Crippen molar-refractivity contribution in [3.05, 3.63) is 51.5 Å². The van der Waals surface area contributed by atoms with E-state index in [2.05, 4.69) is 15.5 Å². The third-order valence-corrected chi connectivity index (χ3v) is 4.45. The second kappa shape index (κ2) is 5.87. The fourth-order valence-electron chi connectivity index (χ4n) is 3.00. The third-order valence-electron chi connectivity index (χ3n) is 4.45. The second-order valence-electron chi connectivity index (χ2n) is 6.36. The van der Waals surface area contributed by atoms with Gasteiger partial charge in [0.1, 0.15) is 12.4 Å². The Morgan fingerprint density at radius 2 is 2.08 bits per heavy atom. The molecule has 2 heterocycles. The minimum absolute atomic E-state index is 0.274. The Labute approximate surface area is 146 Å². The number of aromatic nitrogens is 6. The number of tetrazole rings is 1. The van der Waals surface area contributed by atoms with Gasteiger partial charge in [0.25, 0.3) is 0 Å². The molecule has 25 heavy (non-hydrogen) atoms. The van der Waals surface area contributed by atoms with Crippen LogP contribution in [-0.4, -0.2) is 29.6 Å². The molecule has 0 aliphatic heterocycles. The molecule has 0 radical (unpaired) electrons. The van der Waals surface area contributed by atoms with Crippen LogP contribution in [0.3, 0.4) is 0 Å². The molecule has 3 aromatic rings. The quantitative estimate of drug-likeness (QED) is 0.701. The number of hydrogen-bond acceptors (Lipinski definition) is 5. The molecule has 1 aliphatic rings. The highest BCUT2D eigenvalue weighted by molar-refractivity contribution is 5.41. The zero-order valence-corrected chi connectivity index (χ0v) is 14.4. The van der Waals surface area contributed by atoms with E-state index in [1.54, 1.807) is 25.2 Å². The summed E-state index contributed by atoms with van der Waals surface area (Å²) < 4.78 is 17.9. The molecule has 8 nitrogen and oxygen atoms in total. The van der Waals surface area contributed by atoms with Crippen LogP contribution >= 0.6 is 0 Å². The zero-order valence-electron chi connectivity index (χ0n) is 15.4. The summed E-state index contributed by atoms with van der Waals surface area (Å²) in [6.45, 7) is 2.18. The van der Waals surface area contributed by atoms with Crippen molar-refractivity contribution in [1.29, 1.82) is 0 Å². The Kier molecular flexibility index (Phi) is 3.39. The molecule has 0 saturated heterocycles. The number of ether oxygens (including phenoxy) is 1. The summed E-state index contributed by atoms with van der Waals surface area (Å²) in [6.07, 6.45) is 2.21. The molecule has 0 N–H and O–H groups in total.